The van der Waals surface area contributed by atoms with E-state index in [0.29, 0.717) is 11.5 Å². The molecule has 0 bridgehead atoms. The molecule has 3 nitrogen and oxygen atoms in total. The summed E-state index contributed by atoms with van der Waals surface area (Å²) in [4.78, 5) is 0. The van der Waals surface area contributed by atoms with Gasteiger partial charge >= 0.3 is 0 Å². The van der Waals surface area contributed by atoms with E-state index in [2.05, 4.69) is 0 Å². The van der Waals surface area contributed by atoms with E-state index in [1.165, 1.54) is 0 Å². The molecule has 0 radical (unpaired) electrons. The van der Waals surface area contributed by atoms with E-state index in [4.69, 9.17) is 9.15 Å². The third kappa shape index (κ3) is 2.19. The number of aliphatic hydroxyl groups is 1. The quantitative estimate of drug-likeness (QED) is 0.884. The number of benzene rings is 1. The standard InChI is InChI=1S/C14H16O3/c1-9-7-10(2)13(12(8-9)16-3)14(15)11-5-4-6-17-11/h4-8,14-15H,1-3H3. The van der Waals surface area contributed by atoms with Gasteiger partial charge in [-0.3, -0.25) is 0 Å². The summed E-state index contributed by atoms with van der Waals surface area (Å²) in [6.07, 6.45) is 0.759. The summed E-state index contributed by atoms with van der Waals surface area (Å²) in [5.74, 6) is 1.21. The summed E-state index contributed by atoms with van der Waals surface area (Å²) in [6, 6.07) is 7.44. The van der Waals surface area contributed by atoms with Gasteiger partial charge in [0.1, 0.15) is 17.6 Å². The lowest BCUT2D eigenvalue weighted by Crippen LogP contribution is -2.04. The van der Waals surface area contributed by atoms with E-state index in [1.807, 2.05) is 26.0 Å². The van der Waals surface area contributed by atoms with E-state index < -0.39 is 6.10 Å². The molecule has 90 valence electrons. The molecule has 0 amide bonds. The summed E-state index contributed by atoms with van der Waals surface area (Å²) in [7, 11) is 1.60. The van der Waals surface area contributed by atoms with Crippen LogP contribution in [0.3, 0.4) is 0 Å². The number of aryl methyl sites for hydroxylation is 2. The highest BCUT2D eigenvalue weighted by atomic mass is 16.5. The molecule has 0 saturated heterocycles. The minimum Gasteiger partial charge on any atom is -0.496 e. The summed E-state index contributed by atoms with van der Waals surface area (Å²) in [5, 5.41) is 10.3. The second kappa shape index (κ2) is 4.63. The van der Waals surface area contributed by atoms with Crippen LogP contribution in [0.25, 0.3) is 0 Å². The second-order valence-corrected chi connectivity index (χ2v) is 4.12. The second-order valence-electron chi connectivity index (χ2n) is 4.12. The summed E-state index contributed by atoms with van der Waals surface area (Å²) < 4.78 is 10.6. The Hall–Kier alpha value is -1.74. The van der Waals surface area contributed by atoms with Gasteiger partial charge < -0.3 is 14.3 Å². The lowest BCUT2D eigenvalue weighted by atomic mass is 9.98. The number of hydrogen-bond donors (Lipinski definition) is 1. The van der Waals surface area contributed by atoms with Crippen molar-refractivity contribution in [2.75, 3.05) is 7.11 Å². The number of methoxy groups -OCH3 is 1. The van der Waals surface area contributed by atoms with Gasteiger partial charge in [0, 0.05) is 5.56 Å². The van der Waals surface area contributed by atoms with Crippen LogP contribution in [-0.2, 0) is 0 Å². The van der Waals surface area contributed by atoms with Crippen LogP contribution in [0.5, 0.6) is 5.75 Å². The van der Waals surface area contributed by atoms with Gasteiger partial charge in [-0.1, -0.05) is 6.07 Å². The van der Waals surface area contributed by atoms with Crippen LogP contribution in [0.2, 0.25) is 0 Å². The lowest BCUT2D eigenvalue weighted by molar-refractivity contribution is 0.184. The molecule has 0 aliphatic rings. The molecule has 1 aromatic carbocycles. The van der Waals surface area contributed by atoms with Crippen molar-refractivity contribution in [1.82, 2.24) is 0 Å². The van der Waals surface area contributed by atoms with Crippen molar-refractivity contribution in [1.29, 1.82) is 0 Å². The topological polar surface area (TPSA) is 42.6 Å². The van der Waals surface area contributed by atoms with Gasteiger partial charge in [-0.2, -0.15) is 0 Å². The number of aliphatic hydroxyl groups excluding tert-OH is 1. The zero-order chi connectivity index (χ0) is 12.4. The van der Waals surface area contributed by atoms with Crippen LogP contribution in [0.1, 0.15) is 28.6 Å². The third-order valence-electron chi connectivity index (χ3n) is 2.80. The van der Waals surface area contributed by atoms with Crippen LogP contribution in [0, 0.1) is 13.8 Å². The number of ether oxygens (including phenoxy) is 1. The van der Waals surface area contributed by atoms with Gasteiger partial charge in [-0.15, -0.1) is 0 Å². The van der Waals surface area contributed by atoms with E-state index in [1.54, 1.807) is 25.5 Å². The smallest absolute Gasteiger partial charge is 0.140 e. The van der Waals surface area contributed by atoms with Gasteiger partial charge in [-0.05, 0) is 43.2 Å². The highest BCUT2D eigenvalue weighted by Gasteiger charge is 2.20. The number of furan rings is 1. The van der Waals surface area contributed by atoms with Crippen molar-refractivity contribution < 1.29 is 14.3 Å². The van der Waals surface area contributed by atoms with Crippen LogP contribution < -0.4 is 4.74 Å². The Bertz CT molecular complexity index is 500. The minimum absolute atomic E-state index is 0.523. The molecule has 1 aromatic heterocycles. The summed E-state index contributed by atoms with van der Waals surface area (Å²) >= 11 is 0. The maximum Gasteiger partial charge on any atom is 0.140 e. The van der Waals surface area contributed by atoms with Crippen molar-refractivity contribution in [3.8, 4) is 5.75 Å². The zero-order valence-corrected chi connectivity index (χ0v) is 10.2. The first-order chi connectivity index (χ1) is 8.13. The fourth-order valence-electron chi connectivity index (χ4n) is 2.05. The van der Waals surface area contributed by atoms with Gasteiger partial charge in [0.15, 0.2) is 0 Å². The Labute approximate surface area is 101 Å². The highest BCUT2D eigenvalue weighted by molar-refractivity contribution is 5.46. The maximum atomic E-state index is 10.3. The Kier molecular flexibility index (Phi) is 3.20. The molecule has 1 heterocycles. The average molecular weight is 232 g/mol. The van der Waals surface area contributed by atoms with Gasteiger partial charge in [0.05, 0.1) is 13.4 Å². The van der Waals surface area contributed by atoms with Crippen molar-refractivity contribution in [3.05, 3.63) is 53.0 Å². The fraction of sp³-hybridized carbons (Fsp3) is 0.286. The van der Waals surface area contributed by atoms with E-state index in [0.717, 1.165) is 16.7 Å². The normalized spacial score (nSPS) is 12.5. The third-order valence-corrected chi connectivity index (χ3v) is 2.80. The van der Waals surface area contributed by atoms with Crippen molar-refractivity contribution in [2.24, 2.45) is 0 Å². The molecular weight excluding hydrogens is 216 g/mol. The molecule has 2 rings (SSSR count). The van der Waals surface area contributed by atoms with Crippen LogP contribution in [0.15, 0.2) is 34.9 Å². The first-order valence-corrected chi connectivity index (χ1v) is 5.50. The molecule has 0 aliphatic carbocycles. The van der Waals surface area contributed by atoms with Crippen LogP contribution in [0.4, 0.5) is 0 Å². The van der Waals surface area contributed by atoms with E-state index in [-0.39, 0.29) is 0 Å². The Morgan fingerprint density at radius 3 is 2.65 bits per heavy atom. The van der Waals surface area contributed by atoms with Crippen molar-refractivity contribution >= 4 is 0 Å². The lowest BCUT2D eigenvalue weighted by Gasteiger charge is -2.16. The molecule has 0 fully saturated rings. The first-order valence-electron chi connectivity index (χ1n) is 5.50. The van der Waals surface area contributed by atoms with Crippen LogP contribution >= 0.6 is 0 Å². The predicted octanol–water partition coefficient (Wildman–Crippen LogP) is 2.99. The van der Waals surface area contributed by atoms with E-state index >= 15 is 0 Å². The Morgan fingerprint density at radius 1 is 1.29 bits per heavy atom. The first kappa shape index (κ1) is 11.7. The number of hydrogen-bond acceptors (Lipinski definition) is 3. The minimum atomic E-state index is -0.791. The molecule has 1 unspecified atom stereocenters. The Balaban J connectivity index is 2.51. The van der Waals surface area contributed by atoms with Gasteiger partial charge in [-0.25, -0.2) is 0 Å². The SMILES string of the molecule is COc1cc(C)cc(C)c1C(O)c1ccco1. The molecular formula is C14H16O3. The monoisotopic (exact) mass is 232 g/mol. The molecule has 0 spiro atoms. The zero-order valence-electron chi connectivity index (χ0n) is 10.2. The molecule has 0 aliphatic heterocycles. The van der Waals surface area contributed by atoms with Crippen molar-refractivity contribution in [2.45, 2.75) is 20.0 Å². The molecule has 3 heteroatoms. The average Bonchev–Trinajstić information content (AvgIpc) is 2.80. The van der Waals surface area contributed by atoms with Crippen LogP contribution in [-0.4, -0.2) is 12.2 Å². The maximum absolute atomic E-state index is 10.3. The molecule has 17 heavy (non-hydrogen) atoms. The highest BCUT2D eigenvalue weighted by Crippen LogP contribution is 2.33. The summed E-state index contributed by atoms with van der Waals surface area (Å²) in [6.45, 7) is 3.95. The summed E-state index contributed by atoms with van der Waals surface area (Å²) in [5.41, 5.74) is 2.86. The molecule has 2 aromatic rings. The van der Waals surface area contributed by atoms with Gasteiger partial charge in [0.25, 0.3) is 0 Å². The molecule has 0 saturated carbocycles. The largest absolute Gasteiger partial charge is 0.496 e. The van der Waals surface area contributed by atoms with Crippen molar-refractivity contribution in [3.63, 3.8) is 0 Å². The van der Waals surface area contributed by atoms with E-state index in [9.17, 15) is 5.11 Å². The number of rotatable bonds is 3. The molecule has 1 atom stereocenters. The fourth-order valence-corrected chi connectivity index (χ4v) is 2.05. The Morgan fingerprint density at radius 2 is 2.06 bits per heavy atom. The predicted molar refractivity (Wildman–Crippen MR) is 65.2 cm³/mol. The van der Waals surface area contributed by atoms with Gasteiger partial charge in [0.2, 0.25) is 0 Å². The molecule has 1 N–H and O–H groups in total.